The van der Waals surface area contributed by atoms with Crippen molar-refractivity contribution in [2.75, 3.05) is 6.61 Å². The number of carbonyl (C=O) groups is 1. The second-order valence-corrected chi connectivity index (χ2v) is 4.76. The van der Waals surface area contributed by atoms with E-state index in [9.17, 15) is 4.79 Å². The summed E-state index contributed by atoms with van der Waals surface area (Å²) in [5, 5.41) is 0. The fraction of sp³-hybridized carbons (Fsp3) is 0.923. The molecule has 0 aromatic rings. The minimum absolute atomic E-state index is 0.0395. The highest BCUT2D eigenvalue weighted by Gasteiger charge is 2.54. The van der Waals surface area contributed by atoms with Crippen molar-refractivity contribution >= 4 is 5.97 Å². The van der Waals surface area contributed by atoms with Crippen LogP contribution in [0, 0.1) is 23.7 Å². The molecule has 0 spiro atoms. The molecule has 0 saturated heterocycles. The topological polar surface area (TPSA) is 26.3 Å². The first-order valence-electron chi connectivity index (χ1n) is 6.32. The Morgan fingerprint density at radius 2 is 1.93 bits per heavy atom. The summed E-state index contributed by atoms with van der Waals surface area (Å²) in [6.45, 7) is 9.06. The largest absolute Gasteiger partial charge is 0.466 e. The Balaban J connectivity index is 2.42. The van der Waals surface area contributed by atoms with E-state index in [-0.39, 0.29) is 11.9 Å². The lowest BCUT2D eigenvalue weighted by Gasteiger charge is -2.06. The molecule has 2 nitrogen and oxygen atoms in total. The summed E-state index contributed by atoms with van der Waals surface area (Å²) in [7, 11) is 0. The molecule has 0 aliphatic heterocycles. The van der Waals surface area contributed by atoms with Gasteiger partial charge in [-0.2, -0.15) is 0 Å². The normalized spacial score (nSPS) is 31.1. The molecule has 1 fully saturated rings. The van der Waals surface area contributed by atoms with Gasteiger partial charge in [0.05, 0.1) is 12.5 Å². The standard InChI is InChI=1S/C13H24O2/c1-5-9(4)8-11-10(6-2)12(11)13(14)15-7-3/h9-12H,5-8H2,1-4H3. The van der Waals surface area contributed by atoms with Crippen LogP contribution in [0.2, 0.25) is 0 Å². The first kappa shape index (κ1) is 12.5. The van der Waals surface area contributed by atoms with Gasteiger partial charge in [0.2, 0.25) is 0 Å². The highest BCUT2D eigenvalue weighted by Crippen LogP contribution is 2.52. The predicted octanol–water partition coefficient (Wildman–Crippen LogP) is 3.26. The van der Waals surface area contributed by atoms with Crippen LogP contribution in [0.15, 0.2) is 0 Å². The van der Waals surface area contributed by atoms with E-state index in [1.165, 1.54) is 12.8 Å². The molecule has 0 heterocycles. The number of rotatable bonds is 6. The number of hydrogen-bond donors (Lipinski definition) is 0. The molecule has 4 atom stereocenters. The molecule has 0 amide bonds. The summed E-state index contributed by atoms with van der Waals surface area (Å²) in [5.41, 5.74) is 0. The molecule has 1 aliphatic carbocycles. The third kappa shape index (κ3) is 2.96. The van der Waals surface area contributed by atoms with Crippen LogP contribution >= 0.6 is 0 Å². The molecule has 1 saturated carbocycles. The van der Waals surface area contributed by atoms with Gasteiger partial charge < -0.3 is 4.74 Å². The van der Waals surface area contributed by atoms with Crippen molar-refractivity contribution in [2.45, 2.75) is 47.0 Å². The van der Waals surface area contributed by atoms with Gasteiger partial charge in [-0.25, -0.2) is 0 Å². The summed E-state index contributed by atoms with van der Waals surface area (Å²) in [6.07, 6.45) is 3.52. The molecule has 4 unspecified atom stereocenters. The summed E-state index contributed by atoms with van der Waals surface area (Å²) < 4.78 is 5.10. The second kappa shape index (κ2) is 5.53. The van der Waals surface area contributed by atoms with Crippen LogP contribution in [0.5, 0.6) is 0 Å². The van der Waals surface area contributed by atoms with Gasteiger partial charge in [0.25, 0.3) is 0 Å². The van der Waals surface area contributed by atoms with Crippen LogP contribution in [-0.2, 0) is 9.53 Å². The Morgan fingerprint density at radius 3 is 2.40 bits per heavy atom. The van der Waals surface area contributed by atoms with E-state index in [0.717, 1.165) is 12.3 Å². The Bertz CT molecular complexity index is 213. The lowest BCUT2D eigenvalue weighted by atomic mass is 10.00. The summed E-state index contributed by atoms with van der Waals surface area (Å²) in [4.78, 5) is 11.6. The van der Waals surface area contributed by atoms with Crippen molar-refractivity contribution in [3.63, 3.8) is 0 Å². The van der Waals surface area contributed by atoms with E-state index in [0.29, 0.717) is 18.4 Å². The number of hydrogen-bond acceptors (Lipinski definition) is 2. The van der Waals surface area contributed by atoms with Crippen LogP contribution in [-0.4, -0.2) is 12.6 Å². The smallest absolute Gasteiger partial charge is 0.309 e. The molecular weight excluding hydrogens is 188 g/mol. The average Bonchev–Trinajstić information content (AvgIpc) is 2.91. The maximum absolute atomic E-state index is 11.6. The lowest BCUT2D eigenvalue weighted by molar-refractivity contribution is -0.145. The van der Waals surface area contributed by atoms with Crippen molar-refractivity contribution in [1.82, 2.24) is 0 Å². The van der Waals surface area contributed by atoms with Crippen LogP contribution in [0.1, 0.15) is 47.0 Å². The minimum atomic E-state index is 0.0395. The SMILES string of the molecule is CCOC(=O)C1C(CC)C1CC(C)CC. The monoisotopic (exact) mass is 212 g/mol. The molecule has 0 bridgehead atoms. The zero-order valence-electron chi connectivity index (χ0n) is 10.5. The van der Waals surface area contributed by atoms with Gasteiger partial charge in [-0.3, -0.25) is 4.79 Å². The van der Waals surface area contributed by atoms with E-state index in [1.807, 2.05) is 6.92 Å². The Labute approximate surface area is 93.4 Å². The number of esters is 1. The molecule has 0 aromatic heterocycles. The van der Waals surface area contributed by atoms with Crippen LogP contribution < -0.4 is 0 Å². The molecule has 0 N–H and O–H groups in total. The molecule has 15 heavy (non-hydrogen) atoms. The average molecular weight is 212 g/mol. The van der Waals surface area contributed by atoms with Crippen molar-refractivity contribution < 1.29 is 9.53 Å². The Morgan fingerprint density at radius 1 is 1.27 bits per heavy atom. The van der Waals surface area contributed by atoms with Crippen LogP contribution in [0.4, 0.5) is 0 Å². The fourth-order valence-corrected chi connectivity index (χ4v) is 2.54. The summed E-state index contributed by atoms with van der Waals surface area (Å²) in [6, 6.07) is 0. The first-order chi connectivity index (χ1) is 7.15. The van der Waals surface area contributed by atoms with Gasteiger partial charge in [0, 0.05) is 0 Å². The van der Waals surface area contributed by atoms with Crippen molar-refractivity contribution in [1.29, 1.82) is 0 Å². The molecular formula is C13H24O2. The summed E-state index contributed by atoms with van der Waals surface area (Å²) in [5.74, 6) is 2.19. The molecule has 0 radical (unpaired) electrons. The highest BCUT2D eigenvalue weighted by atomic mass is 16.5. The zero-order chi connectivity index (χ0) is 11.4. The van der Waals surface area contributed by atoms with Gasteiger partial charge >= 0.3 is 5.97 Å². The van der Waals surface area contributed by atoms with Gasteiger partial charge in [-0.05, 0) is 31.1 Å². The van der Waals surface area contributed by atoms with Crippen LogP contribution in [0.25, 0.3) is 0 Å². The lowest BCUT2D eigenvalue weighted by Crippen LogP contribution is -2.09. The quantitative estimate of drug-likeness (QED) is 0.632. The molecule has 88 valence electrons. The second-order valence-electron chi connectivity index (χ2n) is 4.76. The first-order valence-corrected chi connectivity index (χ1v) is 6.32. The van der Waals surface area contributed by atoms with Crippen LogP contribution in [0.3, 0.4) is 0 Å². The van der Waals surface area contributed by atoms with E-state index >= 15 is 0 Å². The van der Waals surface area contributed by atoms with Gasteiger partial charge in [0.1, 0.15) is 0 Å². The maximum Gasteiger partial charge on any atom is 0.309 e. The summed E-state index contributed by atoms with van der Waals surface area (Å²) >= 11 is 0. The number of ether oxygens (including phenoxy) is 1. The Kier molecular flexibility index (Phi) is 4.62. The molecule has 1 rings (SSSR count). The van der Waals surface area contributed by atoms with E-state index < -0.39 is 0 Å². The minimum Gasteiger partial charge on any atom is -0.466 e. The molecule has 1 aliphatic rings. The zero-order valence-corrected chi connectivity index (χ0v) is 10.5. The van der Waals surface area contributed by atoms with Gasteiger partial charge in [0.15, 0.2) is 0 Å². The van der Waals surface area contributed by atoms with Crippen molar-refractivity contribution in [3.8, 4) is 0 Å². The number of carbonyl (C=O) groups excluding carboxylic acids is 1. The predicted molar refractivity (Wildman–Crippen MR) is 61.5 cm³/mol. The van der Waals surface area contributed by atoms with E-state index in [1.54, 1.807) is 0 Å². The maximum atomic E-state index is 11.6. The fourth-order valence-electron chi connectivity index (χ4n) is 2.54. The Hall–Kier alpha value is -0.530. The highest BCUT2D eigenvalue weighted by molar-refractivity contribution is 5.76. The van der Waals surface area contributed by atoms with E-state index in [2.05, 4.69) is 20.8 Å². The van der Waals surface area contributed by atoms with Gasteiger partial charge in [-0.15, -0.1) is 0 Å². The third-order valence-electron chi connectivity index (χ3n) is 3.73. The third-order valence-corrected chi connectivity index (χ3v) is 3.73. The van der Waals surface area contributed by atoms with E-state index in [4.69, 9.17) is 4.74 Å². The molecule has 0 aromatic carbocycles. The van der Waals surface area contributed by atoms with Gasteiger partial charge in [-0.1, -0.05) is 33.6 Å². The van der Waals surface area contributed by atoms with Crippen molar-refractivity contribution in [3.05, 3.63) is 0 Å². The van der Waals surface area contributed by atoms with Crippen molar-refractivity contribution in [2.24, 2.45) is 23.7 Å². The molecule has 2 heteroatoms.